The second-order valence-electron chi connectivity index (χ2n) is 15.0. The molecule has 3 saturated carbocycles. The largest absolute Gasteiger partial charge is 0.493 e. The van der Waals surface area contributed by atoms with Gasteiger partial charge in [0.05, 0.1) is 23.3 Å². The van der Waals surface area contributed by atoms with E-state index in [9.17, 15) is 24.6 Å². The molecule has 3 fully saturated rings. The lowest BCUT2D eigenvalue weighted by atomic mass is 9.45. The fourth-order valence-corrected chi connectivity index (χ4v) is 9.18. The van der Waals surface area contributed by atoms with Gasteiger partial charge < -0.3 is 29.9 Å². The number of ether oxygens (including phenoxy) is 2. The molecule has 6 atom stereocenters. The van der Waals surface area contributed by atoms with Crippen molar-refractivity contribution in [2.75, 3.05) is 26.8 Å². The van der Waals surface area contributed by atoms with E-state index >= 15 is 0 Å². The molecule has 49 heavy (non-hydrogen) atoms. The highest BCUT2D eigenvalue weighted by atomic mass is 127. The van der Waals surface area contributed by atoms with E-state index in [1.54, 1.807) is 18.2 Å². The molecule has 0 heterocycles. The van der Waals surface area contributed by atoms with Gasteiger partial charge in [0.15, 0.2) is 11.5 Å². The van der Waals surface area contributed by atoms with Crippen LogP contribution < -0.4 is 14.8 Å². The van der Waals surface area contributed by atoms with Crippen molar-refractivity contribution < 1.29 is 34.1 Å². The number of aldehydes is 1. The molecule has 0 spiro atoms. The lowest BCUT2D eigenvalue weighted by Crippen LogP contribution is -2.59. The summed E-state index contributed by atoms with van der Waals surface area (Å²) in [6.45, 7) is 7.37. The number of fused-ring (bicyclic) bond motifs is 2. The smallest absolute Gasteiger partial charge is 0.247 e. The molecular weight excluding hydrogens is 735 g/mol. The average molecular weight is 795 g/mol. The van der Waals surface area contributed by atoms with Crippen LogP contribution in [0, 0.1) is 26.7 Å². The van der Waals surface area contributed by atoms with Crippen LogP contribution in [0.5, 0.6) is 11.5 Å². The first-order valence-corrected chi connectivity index (χ1v) is 19.7. The second kappa shape index (κ2) is 18.9. The highest BCUT2D eigenvalue weighted by molar-refractivity contribution is 14.1. The first kappa shape index (κ1) is 39.6. The van der Waals surface area contributed by atoms with Crippen molar-refractivity contribution in [2.24, 2.45) is 23.2 Å². The molecular formula is C39H59IN2O7. The highest BCUT2D eigenvalue weighted by Crippen LogP contribution is 2.61. The van der Waals surface area contributed by atoms with E-state index in [0.717, 1.165) is 44.3 Å². The monoisotopic (exact) mass is 794 g/mol. The summed E-state index contributed by atoms with van der Waals surface area (Å²) in [5.74, 6) is 1.93. The second-order valence-corrected chi connectivity index (χ2v) is 16.2. The van der Waals surface area contributed by atoms with Crippen molar-refractivity contribution in [1.29, 1.82) is 0 Å². The van der Waals surface area contributed by atoms with Gasteiger partial charge in [-0.3, -0.25) is 14.4 Å². The summed E-state index contributed by atoms with van der Waals surface area (Å²) in [5.41, 5.74) is 1.07. The van der Waals surface area contributed by atoms with Crippen LogP contribution in [-0.2, 0) is 9.59 Å². The van der Waals surface area contributed by atoms with Gasteiger partial charge in [-0.1, -0.05) is 72.1 Å². The number of unbranched alkanes of at least 4 members (excludes halogenated alkanes) is 8. The van der Waals surface area contributed by atoms with Gasteiger partial charge in [0.25, 0.3) is 0 Å². The summed E-state index contributed by atoms with van der Waals surface area (Å²) in [7, 11) is 1.49. The SMILES string of the molecule is CCCCCCCCCCCC(=O)N(C[C@@H]1CC[C@H]2C[C@@H]1C2(C)C)[C@@H]1CC(C(=O)NCCO)=C[C@H](Oc2c(I)cc(C=O)cc2OC)[C@H]1O. The van der Waals surface area contributed by atoms with E-state index < -0.39 is 18.2 Å². The van der Waals surface area contributed by atoms with Crippen molar-refractivity contribution in [3.63, 3.8) is 0 Å². The van der Waals surface area contributed by atoms with Crippen LogP contribution >= 0.6 is 22.6 Å². The first-order chi connectivity index (χ1) is 23.5. The Morgan fingerprint density at radius 3 is 2.39 bits per heavy atom. The minimum absolute atomic E-state index is 0.0181. The number of nitrogens with zero attached hydrogens (tertiary/aromatic N) is 1. The van der Waals surface area contributed by atoms with Crippen LogP contribution in [0.2, 0.25) is 0 Å². The summed E-state index contributed by atoms with van der Waals surface area (Å²) < 4.78 is 12.6. The number of rotatable bonds is 20. The minimum Gasteiger partial charge on any atom is -0.493 e. The van der Waals surface area contributed by atoms with E-state index in [-0.39, 0.29) is 36.8 Å². The van der Waals surface area contributed by atoms with Crippen molar-refractivity contribution in [2.45, 2.75) is 129 Å². The van der Waals surface area contributed by atoms with Gasteiger partial charge in [-0.05, 0) is 89.7 Å². The standard InChI is InChI=1S/C39H59IN2O7/c1-5-6-7-8-9-10-11-12-13-14-35(45)42(24-27-15-16-29-23-30(27)39(29,2)3)32-21-28(38(47)41-17-18-43)22-33(36(32)46)49-37-31(40)19-26(25-44)20-34(37)48-4/h19-20,22,25,27,29-30,32-33,36,43,46H,5-18,21,23-24H2,1-4H3,(H,41,47)/t27-,29-,30-,32+,33-,36-/m0/s1. The third kappa shape index (κ3) is 10.00. The van der Waals surface area contributed by atoms with Crippen LogP contribution in [0.1, 0.15) is 121 Å². The van der Waals surface area contributed by atoms with Crippen LogP contribution in [0.15, 0.2) is 23.8 Å². The van der Waals surface area contributed by atoms with Crippen molar-refractivity contribution >= 4 is 40.7 Å². The van der Waals surface area contributed by atoms with Gasteiger partial charge in [-0.25, -0.2) is 0 Å². The Hall–Kier alpha value is -2.18. The molecule has 274 valence electrons. The molecule has 0 saturated heterocycles. The number of carbonyl (C=O) groups is 3. The van der Waals surface area contributed by atoms with E-state index in [1.165, 1.54) is 52.1 Å². The molecule has 2 amide bonds. The quantitative estimate of drug-likeness (QED) is 0.0750. The molecule has 1 aromatic rings. The number of hydrogen-bond donors (Lipinski definition) is 3. The zero-order chi connectivity index (χ0) is 35.6. The van der Waals surface area contributed by atoms with E-state index in [0.29, 0.717) is 51.0 Å². The third-order valence-electron chi connectivity index (χ3n) is 11.5. The number of aliphatic hydroxyl groups excluding tert-OH is 2. The number of nitrogens with one attached hydrogen (secondary N) is 1. The molecule has 2 bridgehead atoms. The van der Waals surface area contributed by atoms with Gasteiger partial charge in [-0.2, -0.15) is 0 Å². The normalized spacial score (nSPS) is 25.5. The van der Waals surface area contributed by atoms with Gasteiger partial charge in [0, 0.05) is 37.1 Å². The Kier molecular flexibility index (Phi) is 15.3. The van der Waals surface area contributed by atoms with Crippen LogP contribution in [0.25, 0.3) is 0 Å². The molecule has 0 unspecified atom stereocenters. The lowest BCUT2D eigenvalue weighted by molar-refractivity contribution is -0.148. The molecule has 0 radical (unpaired) electrons. The van der Waals surface area contributed by atoms with E-state index in [2.05, 4.69) is 48.7 Å². The highest BCUT2D eigenvalue weighted by Gasteiger charge is 2.55. The van der Waals surface area contributed by atoms with Crippen LogP contribution in [0.3, 0.4) is 0 Å². The van der Waals surface area contributed by atoms with Crippen molar-refractivity contribution in [3.05, 3.63) is 32.9 Å². The fourth-order valence-electron chi connectivity index (χ4n) is 8.42. The number of methoxy groups -OCH3 is 1. The minimum atomic E-state index is -1.11. The fraction of sp³-hybridized carbons (Fsp3) is 0.718. The Morgan fingerprint density at radius 2 is 1.78 bits per heavy atom. The van der Waals surface area contributed by atoms with Crippen molar-refractivity contribution in [3.8, 4) is 11.5 Å². The number of amides is 2. The van der Waals surface area contributed by atoms with Crippen molar-refractivity contribution in [1.82, 2.24) is 10.2 Å². The third-order valence-corrected chi connectivity index (χ3v) is 12.3. The predicted octanol–water partition coefficient (Wildman–Crippen LogP) is 6.85. The number of hydrogen-bond acceptors (Lipinski definition) is 7. The molecule has 3 N–H and O–H groups in total. The molecule has 0 aromatic heterocycles. The summed E-state index contributed by atoms with van der Waals surface area (Å²) in [6, 6.07) is 2.58. The van der Waals surface area contributed by atoms with E-state index in [4.69, 9.17) is 9.47 Å². The maximum absolute atomic E-state index is 14.3. The molecule has 1 aromatic carbocycles. The zero-order valence-corrected chi connectivity index (χ0v) is 32.2. The van der Waals surface area contributed by atoms with Gasteiger partial charge in [-0.15, -0.1) is 0 Å². The number of carbonyl (C=O) groups excluding carboxylic acids is 3. The average Bonchev–Trinajstić information content (AvgIpc) is 3.10. The molecule has 5 rings (SSSR count). The number of halogens is 1. The van der Waals surface area contributed by atoms with Crippen LogP contribution in [0.4, 0.5) is 0 Å². The Labute approximate surface area is 307 Å². The topological polar surface area (TPSA) is 125 Å². The summed E-state index contributed by atoms with van der Waals surface area (Å²) in [5, 5.41) is 24.2. The van der Waals surface area contributed by atoms with E-state index in [1.807, 2.05) is 4.90 Å². The molecule has 4 aliphatic carbocycles. The Bertz CT molecular complexity index is 1300. The summed E-state index contributed by atoms with van der Waals surface area (Å²) in [6.07, 6.45) is 14.7. The molecule has 9 nitrogen and oxygen atoms in total. The first-order valence-electron chi connectivity index (χ1n) is 18.6. The maximum Gasteiger partial charge on any atom is 0.247 e. The van der Waals surface area contributed by atoms with Gasteiger partial charge in [0.2, 0.25) is 11.8 Å². The van der Waals surface area contributed by atoms with Gasteiger partial charge >= 0.3 is 0 Å². The zero-order valence-electron chi connectivity index (χ0n) is 30.1. The van der Waals surface area contributed by atoms with Gasteiger partial charge in [0.1, 0.15) is 18.5 Å². The molecule has 10 heteroatoms. The Morgan fingerprint density at radius 1 is 1.08 bits per heavy atom. The molecule has 4 aliphatic rings. The maximum atomic E-state index is 14.3. The van der Waals surface area contributed by atoms with Crippen LogP contribution in [-0.4, -0.2) is 78.3 Å². The summed E-state index contributed by atoms with van der Waals surface area (Å²) >= 11 is 2.07. The summed E-state index contributed by atoms with van der Waals surface area (Å²) in [4.78, 5) is 41.0. The number of aliphatic hydroxyl groups is 2. The number of benzene rings is 1. The lowest BCUT2D eigenvalue weighted by Gasteiger charge is -2.61. The Balaban J connectivity index is 1.57. The molecule has 0 aliphatic heterocycles. The predicted molar refractivity (Wildman–Crippen MR) is 200 cm³/mol.